The van der Waals surface area contributed by atoms with Crippen molar-refractivity contribution in [3.05, 3.63) is 65.2 Å². The number of carbonyl (C=O) groups excluding carboxylic acids is 2. The van der Waals surface area contributed by atoms with E-state index < -0.39 is 5.97 Å². The fourth-order valence-corrected chi connectivity index (χ4v) is 5.45. The van der Waals surface area contributed by atoms with E-state index in [1.807, 2.05) is 47.4 Å². The molecule has 1 heterocycles. The maximum absolute atomic E-state index is 13.0. The van der Waals surface area contributed by atoms with Crippen LogP contribution in [0.25, 0.3) is 0 Å². The van der Waals surface area contributed by atoms with Crippen LogP contribution in [0.1, 0.15) is 86.7 Å². The number of hydrogen-bond acceptors (Lipinski definition) is 3. The van der Waals surface area contributed by atoms with E-state index in [-0.39, 0.29) is 29.1 Å². The zero-order valence-electron chi connectivity index (χ0n) is 21.6. The van der Waals surface area contributed by atoms with Crippen LogP contribution in [0.2, 0.25) is 0 Å². The predicted molar refractivity (Wildman–Crippen MR) is 141 cm³/mol. The minimum atomic E-state index is -0.736. The average molecular weight is 491 g/mol. The summed E-state index contributed by atoms with van der Waals surface area (Å²) in [5.74, 6) is -0.611. The van der Waals surface area contributed by atoms with Gasteiger partial charge in [0.1, 0.15) is 0 Å². The number of nitrogens with one attached hydrogen (secondary N) is 1. The quantitative estimate of drug-likeness (QED) is 0.552. The van der Waals surface area contributed by atoms with E-state index in [9.17, 15) is 19.5 Å². The molecular weight excluding hydrogens is 452 g/mol. The van der Waals surface area contributed by atoms with E-state index in [0.29, 0.717) is 37.2 Å². The highest BCUT2D eigenvalue weighted by Crippen LogP contribution is 2.33. The summed E-state index contributed by atoms with van der Waals surface area (Å²) in [4.78, 5) is 38.9. The second-order valence-electron chi connectivity index (χ2n) is 11.4. The number of benzene rings is 2. The van der Waals surface area contributed by atoms with Crippen LogP contribution in [-0.2, 0) is 15.0 Å². The van der Waals surface area contributed by atoms with Gasteiger partial charge in [-0.3, -0.25) is 14.4 Å². The van der Waals surface area contributed by atoms with Crippen molar-refractivity contribution in [2.24, 2.45) is 11.8 Å². The Balaban J connectivity index is 1.29. The molecule has 0 unspecified atom stereocenters. The van der Waals surface area contributed by atoms with Crippen LogP contribution in [0.3, 0.4) is 0 Å². The minimum absolute atomic E-state index is 0.0163. The van der Waals surface area contributed by atoms with Gasteiger partial charge in [-0.2, -0.15) is 0 Å². The SMILES string of the molecule is CC(C)(C)c1cccc(NC(=O)c2ccc(C3CCN(C(=O)C4CCC(C(=O)O)CC4)CC3)cc2)c1. The molecule has 0 radical (unpaired) electrons. The lowest BCUT2D eigenvalue weighted by Crippen LogP contribution is -2.42. The molecule has 2 aromatic carbocycles. The summed E-state index contributed by atoms with van der Waals surface area (Å²) < 4.78 is 0. The molecule has 2 amide bonds. The highest BCUT2D eigenvalue weighted by atomic mass is 16.4. The van der Waals surface area contributed by atoms with Crippen molar-refractivity contribution in [2.45, 2.75) is 70.6 Å². The Hall–Kier alpha value is -3.15. The Kier molecular flexibility index (Phi) is 7.82. The number of amides is 2. The predicted octanol–water partition coefficient (Wildman–Crippen LogP) is 5.83. The molecule has 1 saturated heterocycles. The zero-order valence-corrected chi connectivity index (χ0v) is 21.6. The summed E-state index contributed by atoms with van der Waals surface area (Å²) in [7, 11) is 0. The molecule has 1 aliphatic carbocycles. The largest absolute Gasteiger partial charge is 0.481 e. The van der Waals surface area contributed by atoms with Crippen molar-refractivity contribution in [1.82, 2.24) is 4.90 Å². The van der Waals surface area contributed by atoms with Gasteiger partial charge in [-0.25, -0.2) is 0 Å². The lowest BCUT2D eigenvalue weighted by molar-refractivity contribution is -0.146. The summed E-state index contributed by atoms with van der Waals surface area (Å²) in [5.41, 5.74) is 3.82. The van der Waals surface area contributed by atoms with Gasteiger partial charge in [0.15, 0.2) is 0 Å². The monoisotopic (exact) mass is 490 g/mol. The van der Waals surface area contributed by atoms with Gasteiger partial charge >= 0.3 is 5.97 Å². The molecule has 2 aliphatic rings. The van der Waals surface area contributed by atoms with Crippen molar-refractivity contribution >= 4 is 23.5 Å². The highest BCUT2D eigenvalue weighted by molar-refractivity contribution is 6.04. The number of anilines is 1. The summed E-state index contributed by atoms with van der Waals surface area (Å²) in [5, 5.41) is 12.2. The van der Waals surface area contributed by atoms with Crippen LogP contribution in [0.5, 0.6) is 0 Å². The first-order valence-electron chi connectivity index (χ1n) is 13.2. The first kappa shape index (κ1) is 25.9. The van der Waals surface area contributed by atoms with Crippen LogP contribution in [0.4, 0.5) is 5.69 Å². The number of carboxylic acids is 1. The lowest BCUT2D eigenvalue weighted by Gasteiger charge is -2.36. The Morgan fingerprint density at radius 1 is 0.861 bits per heavy atom. The number of likely N-dealkylation sites (tertiary alicyclic amines) is 1. The van der Waals surface area contributed by atoms with E-state index in [1.54, 1.807) is 0 Å². The van der Waals surface area contributed by atoms with Crippen LogP contribution in [0, 0.1) is 11.8 Å². The number of aliphatic carboxylic acids is 1. The molecule has 2 aromatic rings. The third-order valence-electron chi connectivity index (χ3n) is 7.86. The van der Waals surface area contributed by atoms with Crippen molar-refractivity contribution in [2.75, 3.05) is 18.4 Å². The van der Waals surface area contributed by atoms with Crippen molar-refractivity contribution in [3.63, 3.8) is 0 Å². The van der Waals surface area contributed by atoms with E-state index in [1.165, 1.54) is 11.1 Å². The van der Waals surface area contributed by atoms with Gasteiger partial charge in [0.25, 0.3) is 5.91 Å². The number of carbonyl (C=O) groups is 3. The topological polar surface area (TPSA) is 86.7 Å². The van der Waals surface area contributed by atoms with E-state index >= 15 is 0 Å². The Morgan fingerprint density at radius 3 is 2.06 bits per heavy atom. The van der Waals surface area contributed by atoms with E-state index in [4.69, 9.17) is 0 Å². The maximum Gasteiger partial charge on any atom is 0.306 e. The second kappa shape index (κ2) is 10.9. The molecule has 0 bridgehead atoms. The Morgan fingerprint density at radius 2 is 1.47 bits per heavy atom. The lowest BCUT2D eigenvalue weighted by atomic mass is 9.81. The zero-order chi connectivity index (χ0) is 25.9. The number of rotatable bonds is 5. The molecule has 1 saturated carbocycles. The number of piperidine rings is 1. The smallest absolute Gasteiger partial charge is 0.306 e. The van der Waals surface area contributed by atoms with Gasteiger partial charge in [-0.1, -0.05) is 45.0 Å². The number of hydrogen-bond donors (Lipinski definition) is 2. The van der Waals surface area contributed by atoms with Crippen molar-refractivity contribution < 1.29 is 19.5 Å². The number of nitrogens with zero attached hydrogens (tertiary/aromatic N) is 1. The van der Waals surface area contributed by atoms with Crippen LogP contribution in [-0.4, -0.2) is 40.9 Å². The van der Waals surface area contributed by atoms with Gasteiger partial charge in [0, 0.05) is 30.3 Å². The first-order chi connectivity index (χ1) is 17.1. The molecule has 4 rings (SSSR count). The molecule has 0 spiro atoms. The molecule has 0 atom stereocenters. The van der Waals surface area contributed by atoms with Crippen molar-refractivity contribution in [1.29, 1.82) is 0 Å². The fraction of sp³-hybridized carbons (Fsp3) is 0.500. The first-order valence-corrected chi connectivity index (χ1v) is 13.2. The van der Waals surface area contributed by atoms with E-state index in [2.05, 4.69) is 32.2 Å². The van der Waals surface area contributed by atoms with Gasteiger partial charge in [0.2, 0.25) is 5.91 Å². The van der Waals surface area contributed by atoms with Gasteiger partial charge in [-0.15, -0.1) is 0 Å². The Labute approximate surface area is 214 Å². The normalized spacial score (nSPS) is 21.1. The highest BCUT2D eigenvalue weighted by Gasteiger charge is 2.33. The molecule has 1 aliphatic heterocycles. The molecule has 0 aromatic heterocycles. The molecule has 36 heavy (non-hydrogen) atoms. The van der Waals surface area contributed by atoms with Crippen molar-refractivity contribution in [3.8, 4) is 0 Å². The van der Waals surface area contributed by atoms with Gasteiger partial charge in [0.05, 0.1) is 5.92 Å². The summed E-state index contributed by atoms with van der Waals surface area (Å²) in [6, 6.07) is 15.8. The standard InChI is InChI=1S/C30H38N2O4/c1-30(2,3)25-5-4-6-26(19-25)31-27(33)22-9-7-20(8-10-22)21-15-17-32(18-16-21)28(34)23-11-13-24(14-12-23)29(35)36/h4-10,19,21,23-24H,11-18H2,1-3H3,(H,31,33)(H,35,36). The van der Waals surface area contributed by atoms with Crippen LogP contribution >= 0.6 is 0 Å². The third kappa shape index (κ3) is 6.15. The molecule has 2 fully saturated rings. The second-order valence-corrected chi connectivity index (χ2v) is 11.4. The molecule has 2 N–H and O–H groups in total. The summed E-state index contributed by atoms with van der Waals surface area (Å²) >= 11 is 0. The van der Waals surface area contributed by atoms with E-state index in [0.717, 1.165) is 31.6 Å². The van der Waals surface area contributed by atoms with Crippen LogP contribution < -0.4 is 5.32 Å². The van der Waals surface area contributed by atoms with Gasteiger partial charge < -0.3 is 15.3 Å². The maximum atomic E-state index is 13.0. The third-order valence-corrected chi connectivity index (χ3v) is 7.86. The molecule has 6 heteroatoms. The number of carboxylic acid groups (broad SMARTS) is 1. The summed E-state index contributed by atoms with van der Waals surface area (Å²) in [6.45, 7) is 7.92. The summed E-state index contributed by atoms with van der Waals surface area (Å²) in [6.07, 6.45) is 4.37. The Bertz CT molecular complexity index is 1090. The molecule has 6 nitrogen and oxygen atoms in total. The van der Waals surface area contributed by atoms with Gasteiger partial charge in [-0.05, 0) is 85.3 Å². The molecule has 192 valence electrons. The minimum Gasteiger partial charge on any atom is -0.481 e. The fourth-order valence-electron chi connectivity index (χ4n) is 5.45. The average Bonchev–Trinajstić information content (AvgIpc) is 2.88. The molecular formula is C30H38N2O4. The van der Waals surface area contributed by atoms with Crippen LogP contribution in [0.15, 0.2) is 48.5 Å².